The highest BCUT2D eigenvalue weighted by Gasteiger charge is 2.57. The molecule has 4 atom stereocenters. The van der Waals surface area contributed by atoms with E-state index >= 15 is 9.59 Å². The number of hydrogen-bond acceptors (Lipinski definition) is 4. The second-order valence-electron chi connectivity index (χ2n) is 13.1. The van der Waals surface area contributed by atoms with Crippen molar-refractivity contribution in [1.29, 1.82) is 0 Å². The van der Waals surface area contributed by atoms with Gasteiger partial charge in [0.05, 0.1) is 11.8 Å². The first kappa shape index (κ1) is 33.7. The number of fused-ring (bicyclic) bond motifs is 1. The molecule has 3 aliphatic carbocycles. The van der Waals surface area contributed by atoms with Crippen LogP contribution in [0.4, 0.5) is 0 Å². The van der Waals surface area contributed by atoms with Crippen LogP contribution in [0.1, 0.15) is 52.1 Å². The first-order valence-corrected chi connectivity index (χ1v) is 17.0. The zero-order valence-corrected chi connectivity index (χ0v) is 28.5. The average molecular weight is 657 g/mol. The second kappa shape index (κ2) is 14.5. The molecule has 0 heterocycles. The summed E-state index contributed by atoms with van der Waals surface area (Å²) < 4.78 is 0. The smallest absolute Gasteiger partial charge is 0.243 e. The van der Waals surface area contributed by atoms with Crippen molar-refractivity contribution in [2.45, 2.75) is 43.7 Å². The van der Waals surface area contributed by atoms with Crippen LogP contribution in [-0.4, -0.2) is 73.2 Å². The van der Waals surface area contributed by atoms with Crippen LogP contribution < -0.4 is 10.6 Å². The van der Waals surface area contributed by atoms with E-state index in [-0.39, 0.29) is 23.6 Å². The van der Waals surface area contributed by atoms with E-state index in [4.69, 9.17) is 0 Å². The molecule has 4 amide bonds. The van der Waals surface area contributed by atoms with E-state index in [9.17, 15) is 9.59 Å². The van der Waals surface area contributed by atoms with E-state index in [2.05, 4.69) is 34.9 Å². The van der Waals surface area contributed by atoms with E-state index in [0.717, 1.165) is 33.4 Å². The third kappa shape index (κ3) is 6.35. The second-order valence-corrected chi connectivity index (χ2v) is 13.1. The summed E-state index contributed by atoms with van der Waals surface area (Å²) in [5.74, 6) is -3.48. The summed E-state index contributed by atoms with van der Waals surface area (Å²) in [6, 6.07) is 33.8. The number of carbonyl (C=O) groups is 4. The fourth-order valence-electron chi connectivity index (χ4n) is 7.99. The Labute approximate surface area is 288 Å². The molecular formula is C41H44N4O4. The maximum atomic E-state index is 15.1. The Bertz CT molecular complexity index is 1780. The van der Waals surface area contributed by atoms with Crippen LogP contribution in [0.2, 0.25) is 0 Å². The van der Waals surface area contributed by atoms with Crippen molar-refractivity contribution < 1.29 is 19.2 Å². The molecule has 0 aliphatic heterocycles. The zero-order valence-electron chi connectivity index (χ0n) is 28.5. The van der Waals surface area contributed by atoms with E-state index in [0.29, 0.717) is 19.4 Å². The molecule has 2 bridgehead atoms. The standard InChI is InChI=1S/C41H44N4O4/c1-5-43-39(47)33(25-27-18-10-7-11-19-27)45(4)41(49)37-35-30-22-14-12-20-28(30)34(29-21-13-15-23-31(29)35)36(37)40(48)44(3)32(38(46)42-2)24-26-16-8-6-9-17-26/h6-23,32-37H,5,24-25H2,1-4H3,(H,42,46)(H,43,47)/t32-,33+,34?,35?,36+,37-/m1/s1. The SMILES string of the molecule is CCNC(=O)[C@H](Cc1ccccc1)N(C)C(=O)[C@@H]1C2c3ccccc3C(c3ccccc32)[C@@H]1C(=O)N(C)[C@H](Cc1ccccc1)C(=O)NC. The van der Waals surface area contributed by atoms with Gasteiger partial charge in [0.2, 0.25) is 23.6 Å². The van der Waals surface area contributed by atoms with Gasteiger partial charge in [0, 0.05) is 52.4 Å². The molecule has 7 rings (SSSR count). The van der Waals surface area contributed by atoms with Crippen LogP contribution in [0.5, 0.6) is 0 Å². The van der Waals surface area contributed by atoms with Crippen LogP contribution in [-0.2, 0) is 32.0 Å². The maximum Gasteiger partial charge on any atom is 0.243 e. The first-order valence-electron chi connectivity index (χ1n) is 17.0. The number of benzene rings is 4. The van der Waals surface area contributed by atoms with Gasteiger partial charge in [-0.25, -0.2) is 0 Å². The van der Waals surface area contributed by atoms with Crippen LogP contribution in [0.25, 0.3) is 0 Å². The fourth-order valence-corrected chi connectivity index (χ4v) is 7.99. The van der Waals surface area contributed by atoms with E-state index in [1.54, 1.807) is 26.0 Å². The molecule has 252 valence electrons. The Morgan fingerprint density at radius 1 is 0.571 bits per heavy atom. The van der Waals surface area contributed by atoms with Crippen molar-refractivity contribution in [2.75, 3.05) is 27.7 Å². The molecule has 0 radical (unpaired) electrons. The monoisotopic (exact) mass is 656 g/mol. The van der Waals surface area contributed by atoms with Crippen LogP contribution in [0.3, 0.4) is 0 Å². The minimum absolute atomic E-state index is 0.244. The Kier molecular flexibility index (Phi) is 9.95. The van der Waals surface area contributed by atoms with Crippen LogP contribution in [0.15, 0.2) is 109 Å². The number of hydrogen-bond donors (Lipinski definition) is 2. The lowest BCUT2D eigenvalue weighted by Crippen LogP contribution is -2.58. The summed E-state index contributed by atoms with van der Waals surface area (Å²) in [6.45, 7) is 2.28. The first-order chi connectivity index (χ1) is 23.8. The number of nitrogens with one attached hydrogen (secondary N) is 2. The molecule has 4 aromatic carbocycles. The van der Waals surface area contributed by atoms with Gasteiger partial charge in [-0.1, -0.05) is 109 Å². The third-order valence-corrected chi connectivity index (χ3v) is 10.4. The highest BCUT2D eigenvalue weighted by atomic mass is 16.2. The molecule has 0 saturated carbocycles. The van der Waals surface area contributed by atoms with Crippen LogP contribution >= 0.6 is 0 Å². The van der Waals surface area contributed by atoms with Crippen molar-refractivity contribution >= 4 is 23.6 Å². The lowest BCUT2D eigenvalue weighted by atomic mass is 9.53. The van der Waals surface area contributed by atoms with Crippen molar-refractivity contribution in [1.82, 2.24) is 20.4 Å². The number of rotatable bonds is 11. The van der Waals surface area contributed by atoms with Crippen molar-refractivity contribution in [3.05, 3.63) is 143 Å². The average Bonchev–Trinajstić information content (AvgIpc) is 3.15. The lowest BCUT2D eigenvalue weighted by molar-refractivity contribution is -0.152. The predicted molar refractivity (Wildman–Crippen MR) is 190 cm³/mol. The van der Waals surface area contributed by atoms with Crippen molar-refractivity contribution in [2.24, 2.45) is 11.8 Å². The van der Waals surface area contributed by atoms with Gasteiger partial charge in [-0.15, -0.1) is 0 Å². The molecule has 8 nitrogen and oxygen atoms in total. The van der Waals surface area contributed by atoms with Gasteiger partial charge in [-0.2, -0.15) is 0 Å². The summed E-state index contributed by atoms with van der Waals surface area (Å²) in [5.41, 5.74) is 5.95. The summed E-state index contributed by atoms with van der Waals surface area (Å²) in [4.78, 5) is 60.3. The molecule has 49 heavy (non-hydrogen) atoms. The van der Waals surface area contributed by atoms with Gasteiger partial charge in [0.25, 0.3) is 0 Å². The Morgan fingerprint density at radius 3 is 1.27 bits per heavy atom. The third-order valence-electron chi connectivity index (χ3n) is 10.4. The quantitative estimate of drug-likeness (QED) is 0.248. The summed E-state index contributed by atoms with van der Waals surface area (Å²) in [6.07, 6.45) is 0.656. The number of nitrogens with zero attached hydrogens (tertiary/aromatic N) is 2. The van der Waals surface area contributed by atoms with Gasteiger partial charge in [-0.3, -0.25) is 19.2 Å². The van der Waals surface area contributed by atoms with Crippen molar-refractivity contribution in [3.8, 4) is 0 Å². The predicted octanol–water partition coefficient (Wildman–Crippen LogP) is 4.53. The number of likely N-dealkylation sites (N-methyl/N-ethyl adjacent to an activating group) is 4. The fraction of sp³-hybridized carbons (Fsp3) is 0.317. The van der Waals surface area contributed by atoms with Crippen LogP contribution in [0, 0.1) is 11.8 Å². The summed E-state index contributed by atoms with van der Waals surface area (Å²) in [7, 11) is 4.92. The molecule has 0 saturated heterocycles. The van der Waals surface area contributed by atoms with E-state index in [1.807, 2.05) is 91.9 Å². The highest BCUT2D eigenvalue weighted by Crippen LogP contribution is 2.59. The molecule has 8 heteroatoms. The molecular weight excluding hydrogens is 612 g/mol. The summed E-state index contributed by atoms with van der Waals surface area (Å²) >= 11 is 0. The van der Waals surface area contributed by atoms with Gasteiger partial charge in [0.1, 0.15) is 12.1 Å². The minimum atomic E-state index is -0.802. The van der Waals surface area contributed by atoms with Gasteiger partial charge >= 0.3 is 0 Å². The largest absolute Gasteiger partial charge is 0.357 e. The van der Waals surface area contributed by atoms with E-state index < -0.39 is 35.8 Å². The lowest BCUT2D eigenvalue weighted by Gasteiger charge is -2.51. The maximum absolute atomic E-state index is 15.1. The van der Waals surface area contributed by atoms with Gasteiger partial charge in [-0.05, 0) is 40.3 Å². The molecule has 0 fully saturated rings. The topological polar surface area (TPSA) is 98.8 Å². The molecule has 0 aromatic heterocycles. The molecule has 3 aliphatic rings. The number of carbonyl (C=O) groups excluding carboxylic acids is 4. The normalized spacial score (nSPS) is 19.8. The zero-order chi connectivity index (χ0) is 34.7. The van der Waals surface area contributed by atoms with E-state index in [1.165, 1.54) is 4.90 Å². The molecule has 0 spiro atoms. The molecule has 2 N–H and O–H groups in total. The minimum Gasteiger partial charge on any atom is -0.357 e. The molecule has 0 unspecified atom stereocenters. The Morgan fingerprint density at radius 2 is 0.918 bits per heavy atom. The molecule has 4 aromatic rings. The van der Waals surface area contributed by atoms with Gasteiger partial charge in [0.15, 0.2) is 0 Å². The summed E-state index contributed by atoms with van der Waals surface area (Å²) in [5, 5.41) is 5.68. The Hall–Kier alpha value is -5.24. The number of amides is 4. The Balaban J connectivity index is 1.45. The van der Waals surface area contributed by atoms with Gasteiger partial charge < -0.3 is 20.4 Å². The van der Waals surface area contributed by atoms with Crippen molar-refractivity contribution in [3.63, 3.8) is 0 Å². The highest BCUT2D eigenvalue weighted by molar-refractivity contribution is 5.96.